The third-order valence-corrected chi connectivity index (χ3v) is 7.08. The second-order valence-corrected chi connectivity index (χ2v) is 13.3. The Labute approximate surface area is 296 Å². The van der Waals surface area contributed by atoms with Gasteiger partial charge < -0.3 is 62.2 Å². The Bertz CT molecular complexity index is 1150. The van der Waals surface area contributed by atoms with E-state index >= 15 is 0 Å². The van der Waals surface area contributed by atoms with E-state index < -0.39 is 12.2 Å². The zero-order chi connectivity index (χ0) is 32.9. The van der Waals surface area contributed by atoms with E-state index in [-0.39, 0.29) is 45.5 Å². The summed E-state index contributed by atoms with van der Waals surface area (Å²) < 4.78 is 11.6. The number of carbonyl (C=O) groups excluding carboxylic acids is 4. The molecule has 0 aromatic heterocycles. The second kappa shape index (κ2) is 20.4. The molecule has 0 saturated heterocycles. The van der Waals surface area contributed by atoms with E-state index in [9.17, 15) is 19.2 Å². The van der Waals surface area contributed by atoms with Gasteiger partial charge in [-0.05, 0) is 61.4 Å². The summed E-state index contributed by atoms with van der Waals surface area (Å²) in [5.41, 5.74) is 2.14. The van der Waals surface area contributed by atoms with Crippen LogP contribution in [-0.2, 0) is 22.7 Å². The molecule has 0 bridgehead atoms. The number of halogens is 2. The van der Waals surface area contributed by atoms with Gasteiger partial charge >= 0.3 is 12.2 Å². The number of likely N-dealkylation sites (N-methyl/N-ethyl adjacent to an activating group) is 2. The highest BCUT2D eigenvalue weighted by Gasteiger charge is 2.22. The largest absolute Gasteiger partial charge is 1.00 e. The molecule has 2 aromatic rings. The van der Waals surface area contributed by atoms with Gasteiger partial charge in [0.15, 0.2) is 11.6 Å². The highest BCUT2D eigenvalue weighted by molar-refractivity contribution is 5.80. The van der Waals surface area contributed by atoms with Gasteiger partial charge in [-0.15, -0.1) is 0 Å². The standard InChI is InChI=1S/C34H52N4O6.2BrH/c1-35(2)33(41)43-31-19-15-27(16-20-31)23-37(5,6)25-29(39)13-11-9-10-12-14-30(40)26-38(7,8)24-28-17-21-32(22-18-28)44-34(42)36(3)4;;/h15-22H,9-14,23-26H2,1-8H3;2*1H/q+2;;/p-2. The van der Waals surface area contributed by atoms with Gasteiger partial charge in [-0.2, -0.15) is 0 Å². The normalized spacial score (nSPS) is 11.0. The molecule has 0 saturated carbocycles. The molecule has 2 rings (SSSR count). The van der Waals surface area contributed by atoms with Crippen LogP contribution in [-0.4, -0.2) is 112 Å². The third kappa shape index (κ3) is 17.2. The Morgan fingerprint density at radius 1 is 0.543 bits per heavy atom. The lowest BCUT2D eigenvalue weighted by atomic mass is 10.1. The van der Waals surface area contributed by atoms with Gasteiger partial charge in [-0.1, -0.05) is 12.8 Å². The van der Waals surface area contributed by atoms with E-state index in [0.29, 0.717) is 59.5 Å². The lowest BCUT2D eigenvalue weighted by Gasteiger charge is -2.29. The zero-order valence-electron chi connectivity index (χ0n) is 28.7. The first-order valence-corrected chi connectivity index (χ1v) is 15.2. The van der Waals surface area contributed by atoms with Crippen molar-refractivity contribution >= 4 is 23.8 Å². The summed E-state index contributed by atoms with van der Waals surface area (Å²) >= 11 is 0. The monoisotopic (exact) mass is 770 g/mol. The number of amides is 2. The van der Waals surface area contributed by atoms with Crippen molar-refractivity contribution in [1.29, 1.82) is 0 Å². The molecule has 0 spiro atoms. The minimum Gasteiger partial charge on any atom is -1.00 e. The molecule has 0 aliphatic rings. The van der Waals surface area contributed by atoms with Crippen molar-refractivity contribution < 1.29 is 71.6 Å². The third-order valence-electron chi connectivity index (χ3n) is 7.08. The molecule has 10 nitrogen and oxygen atoms in total. The second-order valence-electron chi connectivity index (χ2n) is 13.3. The number of ether oxygens (including phenoxy) is 2. The predicted octanol–water partition coefficient (Wildman–Crippen LogP) is -0.853. The van der Waals surface area contributed by atoms with Crippen molar-refractivity contribution in [2.24, 2.45) is 0 Å². The maximum atomic E-state index is 12.7. The number of Topliss-reactive ketones (excluding diaryl/α,β-unsaturated/α-hetero) is 2. The van der Waals surface area contributed by atoms with E-state index in [1.54, 1.807) is 52.5 Å². The lowest BCUT2D eigenvalue weighted by molar-refractivity contribution is -0.895. The Morgan fingerprint density at radius 2 is 0.848 bits per heavy atom. The van der Waals surface area contributed by atoms with Crippen molar-refractivity contribution in [2.45, 2.75) is 51.6 Å². The molecule has 0 fully saturated rings. The van der Waals surface area contributed by atoms with Crippen LogP contribution in [0.15, 0.2) is 48.5 Å². The smallest absolute Gasteiger partial charge is 0.414 e. The number of hydrogen-bond donors (Lipinski definition) is 0. The van der Waals surface area contributed by atoms with Crippen LogP contribution in [0.1, 0.15) is 49.7 Å². The Hall–Kier alpha value is -2.80. The minimum absolute atomic E-state index is 0. The number of quaternary nitrogens is 2. The van der Waals surface area contributed by atoms with Crippen LogP contribution in [0.5, 0.6) is 11.5 Å². The van der Waals surface area contributed by atoms with Crippen molar-refractivity contribution in [3.8, 4) is 11.5 Å². The number of benzene rings is 2. The lowest BCUT2D eigenvalue weighted by Crippen LogP contribution is -3.00. The van der Waals surface area contributed by atoms with Gasteiger partial charge in [0.2, 0.25) is 0 Å². The average molecular weight is 773 g/mol. The molecule has 258 valence electrons. The molecule has 0 aliphatic heterocycles. The highest BCUT2D eigenvalue weighted by Crippen LogP contribution is 2.18. The average Bonchev–Trinajstić information content (AvgIpc) is 2.91. The van der Waals surface area contributed by atoms with E-state index in [4.69, 9.17) is 9.47 Å². The SMILES string of the molecule is CN(C)C(=O)Oc1ccc(C[N+](C)(C)CC(=O)CCCCCCC(=O)C[N+](C)(C)Cc2ccc(OC(=O)N(C)C)cc2)cc1.[Br-].[Br-]. The van der Waals surface area contributed by atoms with Crippen LogP contribution in [0.3, 0.4) is 0 Å². The highest BCUT2D eigenvalue weighted by atomic mass is 79.9. The van der Waals surface area contributed by atoms with Gasteiger partial charge in [0, 0.05) is 52.2 Å². The molecule has 0 aliphatic carbocycles. The van der Waals surface area contributed by atoms with Gasteiger partial charge in [-0.3, -0.25) is 9.59 Å². The van der Waals surface area contributed by atoms with E-state index in [2.05, 4.69) is 0 Å². The summed E-state index contributed by atoms with van der Waals surface area (Å²) in [7, 11) is 14.7. The quantitative estimate of drug-likeness (QED) is 0.154. The summed E-state index contributed by atoms with van der Waals surface area (Å²) in [6, 6.07) is 14.8. The predicted molar refractivity (Wildman–Crippen MR) is 171 cm³/mol. The molecule has 2 aromatic carbocycles. The number of hydrogen-bond acceptors (Lipinski definition) is 6. The summed E-state index contributed by atoms with van der Waals surface area (Å²) in [6.45, 7) is 2.30. The molecule has 0 unspecified atom stereocenters. The molecule has 2 amide bonds. The molecular formula is C34H52Br2N4O6. The van der Waals surface area contributed by atoms with Crippen LogP contribution in [0.2, 0.25) is 0 Å². The number of carbonyl (C=O) groups is 4. The van der Waals surface area contributed by atoms with E-state index in [1.165, 1.54) is 9.80 Å². The first kappa shape index (κ1) is 43.2. The summed E-state index contributed by atoms with van der Waals surface area (Å²) in [4.78, 5) is 51.5. The Kier molecular flexibility index (Phi) is 19.2. The summed E-state index contributed by atoms with van der Waals surface area (Å²) in [6.07, 6.45) is 3.79. The van der Waals surface area contributed by atoms with Crippen molar-refractivity contribution in [3.63, 3.8) is 0 Å². The fourth-order valence-electron chi connectivity index (χ4n) is 4.92. The summed E-state index contributed by atoms with van der Waals surface area (Å²) in [5, 5.41) is 0. The van der Waals surface area contributed by atoms with Crippen molar-refractivity contribution in [3.05, 3.63) is 59.7 Å². The topological polar surface area (TPSA) is 93.2 Å². The van der Waals surface area contributed by atoms with E-state index in [1.807, 2.05) is 52.5 Å². The van der Waals surface area contributed by atoms with Gasteiger partial charge in [0.1, 0.15) is 37.7 Å². The maximum absolute atomic E-state index is 12.7. The molecule has 0 atom stereocenters. The van der Waals surface area contributed by atoms with Crippen LogP contribution in [0, 0.1) is 0 Å². The van der Waals surface area contributed by atoms with Crippen LogP contribution in [0.4, 0.5) is 9.59 Å². The number of nitrogens with zero attached hydrogens (tertiary/aromatic N) is 4. The van der Waals surface area contributed by atoms with Gasteiger partial charge in [-0.25, -0.2) is 9.59 Å². The fraction of sp³-hybridized carbons (Fsp3) is 0.529. The Morgan fingerprint density at radius 3 is 1.13 bits per heavy atom. The molecule has 0 N–H and O–H groups in total. The Balaban J connectivity index is 0.0000101. The zero-order valence-corrected chi connectivity index (χ0v) is 31.9. The van der Waals surface area contributed by atoms with Crippen LogP contribution < -0.4 is 43.4 Å². The fourth-order valence-corrected chi connectivity index (χ4v) is 4.92. The number of rotatable bonds is 17. The first-order chi connectivity index (χ1) is 20.5. The van der Waals surface area contributed by atoms with E-state index in [0.717, 1.165) is 36.8 Å². The maximum Gasteiger partial charge on any atom is 0.414 e. The number of ketones is 2. The van der Waals surface area contributed by atoms with Crippen molar-refractivity contribution in [1.82, 2.24) is 9.80 Å². The molecule has 46 heavy (non-hydrogen) atoms. The number of unbranched alkanes of at least 4 members (excludes halogenated alkanes) is 3. The molecular weight excluding hydrogens is 720 g/mol. The van der Waals surface area contributed by atoms with Gasteiger partial charge in [0.25, 0.3) is 0 Å². The molecule has 0 radical (unpaired) electrons. The summed E-state index contributed by atoms with van der Waals surface area (Å²) in [5.74, 6) is 1.47. The van der Waals surface area contributed by atoms with Crippen LogP contribution in [0.25, 0.3) is 0 Å². The van der Waals surface area contributed by atoms with Crippen LogP contribution >= 0.6 is 0 Å². The molecule has 12 heteroatoms. The van der Waals surface area contributed by atoms with Crippen molar-refractivity contribution in [2.75, 3.05) is 69.5 Å². The molecule has 0 heterocycles. The first-order valence-electron chi connectivity index (χ1n) is 15.2. The minimum atomic E-state index is -0.420. The van der Waals surface area contributed by atoms with Gasteiger partial charge in [0.05, 0.1) is 28.2 Å².